The molecule has 0 bridgehead atoms. The Morgan fingerprint density at radius 3 is 2.32 bits per heavy atom. The number of benzene rings is 3. The maximum Gasteiger partial charge on any atom is 0.331 e. The highest BCUT2D eigenvalue weighted by Gasteiger charge is 2.39. The summed E-state index contributed by atoms with van der Waals surface area (Å²) in [7, 11) is 1.74. The summed E-state index contributed by atoms with van der Waals surface area (Å²) < 4.78 is 0. The summed E-state index contributed by atoms with van der Waals surface area (Å²) in [6.07, 6.45) is 1.85. The van der Waals surface area contributed by atoms with Gasteiger partial charge in [-0.2, -0.15) is 0 Å². The average molecular weight is 455 g/mol. The summed E-state index contributed by atoms with van der Waals surface area (Å²) in [5.41, 5.74) is 10.9. The number of nitrogens with zero attached hydrogens (tertiary/aromatic N) is 2. The van der Waals surface area contributed by atoms with Crippen LogP contribution < -0.4 is 16.0 Å². The van der Waals surface area contributed by atoms with Crippen LogP contribution in [0.4, 0.5) is 16.2 Å². The molecule has 3 aromatic rings. The van der Waals surface area contributed by atoms with E-state index in [-0.39, 0.29) is 11.9 Å². The van der Waals surface area contributed by atoms with Crippen LogP contribution in [0.25, 0.3) is 11.3 Å². The number of carbonyl (C=O) groups excluding carboxylic acids is 2. The number of hydrogen-bond acceptors (Lipinski definition) is 4. The molecule has 3 N–H and O–H groups in total. The number of fused-ring (bicyclic) bond motifs is 1. The molecule has 4 rings (SSSR count). The molecule has 3 aromatic carbocycles. The molecule has 174 valence electrons. The van der Waals surface area contributed by atoms with Crippen molar-refractivity contribution in [3.8, 4) is 0 Å². The largest absolute Gasteiger partial charge is 0.354 e. The predicted molar refractivity (Wildman–Crippen MR) is 138 cm³/mol. The van der Waals surface area contributed by atoms with E-state index in [0.717, 1.165) is 35.2 Å². The molecule has 6 nitrogen and oxygen atoms in total. The van der Waals surface area contributed by atoms with Crippen LogP contribution in [-0.4, -0.2) is 30.4 Å². The summed E-state index contributed by atoms with van der Waals surface area (Å²) in [5, 5.41) is 3.45. The molecule has 0 saturated heterocycles. The molecule has 0 radical (unpaired) electrons. The number of nitrogens with two attached hydrogens (primary N) is 1. The molecule has 0 unspecified atom stereocenters. The van der Waals surface area contributed by atoms with Gasteiger partial charge >= 0.3 is 6.03 Å². The molecule has 3 amide bonds. The number of urea groups is 1. The van der Waals surface area contributed by atoms with E-state index in [1.54, 1.807) is 11.9 Å². The fraction of sp³-hybridized carbons (Fsp3) is 0.214. The number of anilines is 2. The van der Waals surface area contributed by atoms with Gasteiger partial charge in [-0.15, -0.1) is 0 Å². The first-order chi connectivity index (χ1) is 16.5. The van der Waals surface area contributed by atoms with Crippen molar-refractivity contribution in [3.63, 3.8) is 0 Å². The Morgan fingerprint density at radius 1 is 0.971 bits per heavy atom. The third-order valence-corrected chi connectivity index (χ3v) is 5.97. The van der Waals surface area contributed by atoms with Crippen molar-refractivity contribution >= 4 is 34.6 Å². The van der Waals surface area contributed by atoms with Crippen LogP contribution in [0, 0.1) is 0 Å². The lowest BCUT2D eigenvalue weighted by Gasteiger charge is -2.23. The highest BCUT2D eigenvalue weighted by Crippen LogP contribution is 2.41. The van der Waals surface area contributed by atoms with Crippen LogP contribution in [0.5, 0.6) is 0 Å². The van der Waals surface area contributed by atoms with Crippen LogP contribution in [0.3, 0.4) is 0 Å². The van der Waals surface area contributed by atoms with E-state index in [1.165, 1.54) is 4.90 Å². The van der Waals surface area contributed by atoms with Crippen LogP contribution in [0.2, 0.25) is 0 Å². The Kier molecular flexibility index (Phi) is 7.09. The van der Waals surface area contributed by atoms with Gasteiger partial charge in [0, 0.05) is 31.4 Å². The van der Waals surface area contributed by atoms with E-state index in [9.17, 15) is 9.59 Å². The maximum absolute atomic E-state index is 13.9. The molecular weight excluding hydrogens is 424 g/mol. The van der Waals surface area contributed by atoms with Gasteiger partial charge in [-0.05, 0) is 35.7 Å². The minimum absolute atomic E-state index is 0.319. The SMILES string of the molecule is CCCCN(C)C(=O)N1C(=O)C(=C(Nc2ccc(CN)cc2)c2ccccc2)c2ccccc21. The van der Waals surface area contributed by atoms with Crippen molar-refractivity contribution in [1.82, 2.24) is 4.90 Å². The number of amides is 3. The first kappa shape index (κ1) is 23.3. The van der Waals surface area contributed by atoms with E-state index in [4.69, 9.17) is 5.73 Å². The summed E-state index contributed by atoms with van der Waals surface area (Å²) >= 11 is 0. The Bertz CT molecular complexity index is 1200. The Morgan fingerprint density at radius 2 is 1.65 bits per heavy atom. The fourth-order valence-corrected chi connectivity index (χ4v) is 4.06. The van der Waals surface area contributed by atoms with Crippen LogP contribution in [0.1, 0.15) is 36.5 Å². The third-order valence-electron chi connectivity index (χ3n) is 5.97. The molecule has 0 aromatic heterocycles. The summed E-state index contributed by atoms with van der Waals surface area (Å²) in [6, 6.07) is 24.6. The second-order valence-corrected chi connectivity index (χ2v) is 8.36. The number of carbonyl (C=O) groups is 2. The normalized spacial score (nSPS) is 14.1. The number of rotatable bonds is 7. The van der Waals surface area contributed by atoms with Gasteiger partial charge in [0.15, 0.2) is 0 Å². The zero-order valence-electron chi connectivity index (χ0n) is 19.6. The van der Waals surface area contributed by atoms with Gasteiger partial charge in [0.05, 0.1) is 17.0 Å². The maximum atomic E-state index is 13.9. The Hall–Kier alpha value is -3.90. The molecule has 1 aliphatic heterocycles. The first-order valence-corrected chi connectivity index (χ1v) is 11.6. The summed E-state index contributed by atoms with van der Waals surface area (Å²) in [5.74, 6) is -0.334. The van der Waals surface area contributed by atoms with Gasteiger partial charge < -0.3 is 16.0 Å². The van der Waals surface area contributed by atoms with Crippen molar-refractivity contribution in [2.75, 3.05) is 23.8 Å². The van der Waals surface area contributed by atoms with Crippen molar-refractivity contribution in [2.45, 2.75) is 26.3 Å². The van der Waals surface area contributed by atoms with E-state index in [0.29, 0.717) is 30.0 Å². The summed E-state index contributed by atoms with van der Waals surface area (Å²) in [4.78, 5) is 30.1. The second kappa shape index (κ2) is 10.4. The molecule has 0 saturated carbocycles. The van der Waals surface area contributed by atoms with E-state index in [1.807, 2.05) is 78.9 Å². The van der Waals surface area contributed by atoms with E-state index < -0.39 is 0 Å². The van der Waals surface area contributed by atoms with Crippen molar-refractivity contribution in [2.24, 2.45) is 5.73 Å². The number of imide groups is 1. The molecular formula is C28H30N4O2. The van der Waals surface area contributed by atoms with Gasteiger partial charge in [0.2, 0.25) is 0 Å². The molecule has 0 atom stereocenters. The lowest BCUT2D eigenvalue weighted by molar-refractivity contribution is -0.112. The highest BCUT2D eigenvalue weighted by atomic mass is 16.2. The molecule has 0 fully saturated rings. The fourth-order valence-electron chi connectivity index (χ4n) is 4.06. The minimum atomic E-state index is -0.334. The third kappa shape index (κ3) is 4.58. The molecule has 0 aliphatic carbocycles. The zero-order chi connectivity index (χ0) is 24.1. The molecule has 1 aliphatic rings. The molecule has 6 heteroatoms. The van der Waals surface area contributed by atoms with Gasteiger partial charge in [-0.3, -0.25) is 4.79 Å². The van der Waals surface area contributed by atoms with Crippen molar-refractivity contribution < 1.29 is 9.59 Å². The standard InChI is InChI=1S/C28H30N4O2/c1-3-4-18-31(2)28(34)32-24-13-9-8-12-23(24)25(27(32)33)26(21-10-6-5-7-11-21)30-22-16-14-20(19-29)15-17-22/h5-17,30H,3-4,18-19,29H2,1-2H3. The second-order valence-electron chi connectivity index (χ2n) is 8.36. The molecule has 0 spiro atoms. The van der Waals surface area contributed by atoms with Crippen molar-refractivity contribution in [1.29, 1.82) is 0 Å². The van der Waals surface area contributed by atoms with Crippen LogP contribution in [-0.2, 0) is 11.3 Å². The van der Waals surface area contributed by atoms with Crippen molar-refractivity contribution in [3.05, 3.63) is 95.6 Å². The zero-order valence-corrected chi connectivity index (χ0v) is 19.6. The Balaban J connectivity index is 1.83. The number of nitrogens with one attached hydrogen (secondary N) is 1. The van der Waals surface area contributed by atoms with Crippen LogP contribution in [0.15, 0.2) is 78.9 Å². The lowest BCUT2D eigenvalue weighted by atomic mass is 10.00. The van der Waals surface area contributed by atoms with E-state index >= 15 is 0 Å². The first-order valence-electron chi connectivity index (χ1n) is 11.6. The number of hydrogen-bond donors (Lipinski definition) is 2. The Labute approximate surface area is 200 Å². The summed E-state index contributed by atoms with van der Waals surface area (Å²) in [6.45, 7) is 3.13. The monoisotopic (exact) mass is 454 g/mol. The molecule has 34 heavy (non-hydrogen) atoms. The van der Waals surface area contributed by atoms with Gasteiger partial charge in [0.25, 0.3) is 5.91 Å². The quantitative estimate of drug-likeness (QED) is 0.473. The van der Waals surface area contributed by atoms with Gasteiger partial charge in [-0.1, -0.05) is 74.0 Å². The van der Waals surface area contributed by atoms with E-state index in [2.05, 4.69) is 12.2 Å². The molecule has 1 heterocycles. The van der Waals surface area contributed by atoms with Gasteiger partial charge in [-0.25, -0.2) is 9.69 Å². The average Bonchev–Trinajstić information content (AvgIpc) is 3.17. The highest BCUT2D eigenvalue weighted by molar-refractivity contribution is 6.43. The number of unbranched alkanes of at least 4 members (excludes halogenated alkanes) is 1. The predicted octanol–water partition coefficient (Wildman–Crippen LogP) is 5.32. The lowest BCUT2D eigenvalue weighted by Crippen LogP contribution is -2.43. The van der Waals surface area contributed by atoms with Gasteiger partial charge in [0.1, 0.15) is 0 Å². The smallest absolute Gasteiger partial charge is 0.331 e. The van der Waals surface area contributed by atoms with Crippen LogP contribution >= 0.6 is 0 Å². The topological polar surface area (TPSA) is 78.7 Å². The minimum Gasteiger partial charge on any atom is -0.354 e. The number of para-hydroxylation sites is 1.